The van der Waals surface area contributed by atoms with E-state index in [9.17, 15) is 9.59 Å². The number of pyridine rings is 1. The van der Waals surface area contributed by atoms with Crippen LogP contribution in [0.25, 0.3) is 11.7 Å². The maximum Gasteiger partial charge on any atom is 0.258 e. The standard InChI is InChI=1S/C24H23ClN4O3S/c25-17-6-4-16(5-7-17)24(31)28-11-8-19(9-12-28)32-13-10-26-23(30)20-14-18-15-27-21-2-1-3-22(33-20)29(18)21/h1-7,14-15,19H,8-13H2,(H,26,30). The molecule has 1 fully saturated rings. The minimum absolute atomic E-state index is 0.0210. The molecule has 0 bridgehead atoms. The number of likely N-dealkylation sites (tertiary alicyclic amines) is 1. The molecular formula is C24H23ClN4O3S. The van der Waals surface area contributed by atoms with Gasteiger partial charge in [-0.05, 0) is 55.3 Å². The Labute approximate surface area is 200 Å². The summed E-state index contributed by atoms with van der Waals surface area (Å²) in [6.07, 6.45) is 5.29. The minimum atomic E-state index is -0.114. The van der Waals surface area contributed by atoms with Crippen molar-refractivity contribution >= 4 is 46.9 Å². The summed E-state index contributed by atoms with van der Waals surface area (Å²) in [4.78, 5) is 32.1. The number of nitrogens with zero attached hydrogens (tertiary/aromatic N) is 3. The van der Waals surface area contributed by atoms with Gasteiger partial charge in [-0.25, -0.2) is 4.98 Å². The Morgan fingerprint density at radius 1 is 1.15 bits per heavy atom. The Hall–Kier alpha value is -2.81. The van der Waals surface area contributed by atoms with E-state index in [2.05, 4.69) is 10.3 Å². The lowest BCUT2D eigenvalue weighted by atomic mass is 10.1. The lowest BCUT2D eigenvalue weighted by molar-refractivity contribution is -0.117. The van der Waals surface area contributed by atoms with E-state index in [-0.39, 0.29) is 17.9 Å². The Morgan fingerprint density at radius 2 is 1.94 bits per heavy atom. The Bertz CT molecular complexity index is 1220. The van der Waals surface area contributed by atoms with Crippen molar-refractivity contribution in [1.29, 1.82) is 0 Å². The van der Waals surface area contributed by atoms with Crippen LogP contribution in [-0.2, 0) is 9.53 Å². The molecule has 0 radical (unpaired) electrons. The highest BCUT2D eigenvalue weighted by atomic mass is 35.5. The van der Waals surface area contributed by atoms with Gasteiger partial charge in [0.15, 0.2) is 0 Å². The second-order valence-electron chi connectivity index (χ2n) is 7.98. The van der Waals surface area contributed by atoms with Crippen LogP contribution in [0.15, 0.2) is 58.6 Å². The van der Waals surface area contributed by atoms with Crippen LogP contribution in [0.3, 0.4) is 0 Å². The predicted molar refractivity (Wildman–Crippen MR) is 128 cm³/mol. The van der Waals surface area contributed by atoms with Crippen LogP contribution in [0.2, 0.25) is 5.02 Å². The molecule has 2 aliphatic heterocycles. The number of halogens is 1. The summed E-state index contributed by atoms with van der Waals surface area (Å²) in [6.45, 7) is 2.18. The van der Waals surface area contributed by atoms with E-state index in [4.69, 9.17) is 16.3 Å². The number of hydrogen-bond donors (Lipinski definition) is 1. The van der Waals surface area contributed by atoms with Gasteiger partial charge in [-0.2, -0.15) is 0 Å². The van der Waals surface area contributed by atoms with Gasteiger partial charge in [0.05, 0.1) is 34.5 Å². The van der Waals surface area contributed by atoms with Crippen LogP contribution in [0, 0.1) is 0 Å². The zero-order valence-corrected chi connectivity index (χ0v) is 19.4. The monoisotopic (exact) mass is 482 g/mol. The number of nitrogens with one attached hydrogen (secondary N) is 1. The molecule has 170 valence electrons. The topological polar surface area (TPSA) is 75.9 Å². The van der Waals surface area contributed by atoms with E-state index in [1.165, 1.54) is 11.8 Å². The van der Waals surface area contributed by atoms with E-state index >= 15 is 0 Å². The Balaban J connectivity index is 1.05. The van der Waals surface area contributed by atoms with Gasteiger partial charge >= 0.3 is 0 Å². The number of benzene rings is 1. The van der Waals surface area contributed by atoms with Gasteiger partial charge < -0.3 is 15.0 Å². The van der Waals surface area contributed by atoms with Gasteiger partial charge in [-0.3, -0.25) is 14.0 Å². The molecule has 2 aromatic heterocycles. The third kappa shape index (κ3) is 4.78. The average molecular weight is 483 g/mol. The van der Waals surface area contributed by atoms with Gasteiger partial charge in [-0.15, -0.1) is 0 Å². The molecule has 1 aromatic carbocycles. The number of aromatic nitrogens is 2. The molecule has 1 saturated heterocycles. The molecule has 2 amide bonds. The molecule has 7 nitrogen and oxygen atoms in total. The van der Waals surface area contributed by atoms with Gasteiger partial charge in [-0.1, -0.05) is 29.4 Å². The second-order valence-corrected chi connectivity index (χ2v) is 9.48. The van der Waals surface area contributed by atoms with Crippen molar-refractivity contribution in [2.24, 2.45) is 0 Å². The number of thioether (sulfide) groups is 1. The van der Waals surface area contributed by atoms with Crippen molar-refractivity contribution in [2.75, 3.05) is 26.2 Å². The van der Waals surface area contributed by atoms with E-state index in [0.717, 1.165) is 29.2 Å². The highest BCUT2D eigenvalue weighted by Gasteiger charge is 2.24. The number of piperidine rings is 1. The molecule has 1 N–H and O–H groups in total. The fourth-order valence-electron chi connectivity index (χ4n) is 4.08. The van der Waals surface area contributed by atoms with Crippen LogP contribution in [-0.4, -0.2) is 58.4 Å². The fraction of sp³-hybridized carbons (Fsp3) is 0.292. The predicted octanol–water partition coefficient (Wildman–Crippen LogP) is 3.87. The molecule has 0 unspecified atom stereocenters. The number of hydrogen-bond acceptors (Lipinski definition) is 5. The maximum atomic E-state index is 12.6. The fourth-order valence-corrected chi connectivity index (χ4v) is 5.21. The van der Waals surface area contributed by atoms with Crippen LogP contribution in [0.5, 0.6) is 0 Å². The average Bonchev–Trinajstić information content (AvgIpc) is 3.26. The molecule has 2 aliphatic rings. The summed E-state index contributed by atoms with van der Waals surface area (Å²) < 4.78 is 7.99. The summed E-state index contributed by atoms with van der Waals surface area (Å²) >= 11 is 7.34. The SMILES string of the molecule is O=C(NCCOC1CCN(C(=O)c2ccc(Cl)cc2)CC1)C1=Cc2cnc3cccc(n23)S1. The zero-order valence-electron chi connectivity index (χ0n) is 17.9. The zero-order chi connectivity index (χ0) is 22.8. The van der Waals surface area contributed by atoms with Crippen LogP contribution < -0.4 is 5.32 Å². The van der Waals surface area contributed by atoms with Crippen molar-refractivity contribution in [2.45, 2.75) is 24.0 Å². The quantitative estimate of drug-likeness (QED) is 0.540. The number of rotatable bonds is 6. The molecule has 9 heteroatoms. The third-order valence-corrected chi connectivity index (χ3v) is 7.10. The molecule has 5 rings (SSSR count). The van der Waals surface area contributed by atoms with Crippen molar-refractivity contribution in [3.63, 3.8) is 0 Å². The van der Waals surface area contributed by atoms with E-state index in [1.54, 1.807) is 30.5 Å². The van der Waals surface area contributed by atoms with Crippen molar-refractivity contribution in [3.8, 4) is 0 Å². The summed E-state index contributed by atoms with van der Waals surface area (Å²) in [5.74, 6) is -0.0934. The molecule has 3 aromatic rings. The third-order valence-electron chi connectivity index (χ3n) is 5.80. The largest absolute Gasteiger partial charge is 0.376 e. The lowest BCUT2D eigenvalue weighted by Crippen LogP contribution is -2.41. The van der Waals surface area contributed by atoms with E-state index < -0.39 is 0 Å². The smallest absolute Gasteiger partial charge is 0.258 e. The lowest BCUT2D eigenvalue weighted by Gasteiger charge is -2.32. The van der Waals surface area contributed by atoms with Crippen LogP contribution in [0.4, 0.5) is 0 Å². The first-order chi connectivity index (χ1) is 16.1. The summed E-state index contributed by atoms with van der Waals surface area (Å²) in [6, 6.07) is 12.8. The van der Waals surface area contributed by atoms with Crippen molar-refractivity contribution in [1.82, 2.24) is 19.6 Å². The first-order valence-corrected chi connectivity index (χ1v) is 12.1. The van der Waals surface area contributed by atoms with Gasteiger partial charge in [0.25, 0.3) is 11.8 Å². The van der Waals surface area contributed by atoms with Crippen molar-refractivity contribution < 1.29 is 14.3 Å². The molecule has 4 heterocycles. The molecule has 33 heavy (non-hydrogen) atoms. The number of imidazole rings is 1. The second kappa shape index (κ2) is 9.59. The first kappa shape index (κ1) is 22.0. The van der Waals surface area contributed by atoms with Crippen LogP contribution >= 0.6 is 23.4 Å². The number of carbonyl (C=O) groups excluding carboxylic acids is 2. The number of carbonyl (C=O) groups is 2. The summed E-state index contributed by atoms with van der Waals surface area (Å²) in [5, 5.41) is 4.54. The molecule has 0 spiro atoms. The summed E-state index contributed by atoms with van der Waals surface area (Å²) in [5.41, 5.74) is 2.43. The Kier molecular flexibility index (Phi) is 6.39. The van der Waals surface area contributed by atoms with Crippen molar-refractivity contribution in [3.05, 3.63) is 69.8 Å². The van der Waals surface area contributed by atoms with Crippen LogP contribution in [0.1, 0.15) is 28.9 Å². The molecular weight excluding hydrogens is 460 g/mol. The molecule has 0 atom stereocenters. The summed E-state index contributed by atoms with van der Waals surface area (Å²) in [7, 11) is 0. The Morgan fingerprint density at radius 3 is 2.73 bits per heavy atom. The highest BCUT2D eigenvalue weighted by Crippen LogP contribution is 2.34. The van der Waals surface area contributed by atoms with Gasteiger partial charge in [0, 0.05) is 30.2 Å². The number of amides is 2. The minimum Gasteiger partial charge on any atom is -0.376 e. The first-order valence-electron chi connectivity index (χ1n) is 10.9. The van der Waals surface area contributed by atoms with Gasteiger partial charge in [0.1, 0.15) is 5.65 Å². The van der Waals surface area contributed by atoms with E-state index in [0.29, 0.717) is 41.7 Å². The maximum absolute atomic E-state index is 12.6. The van der Waals surface area contributed by atoms with Gasteiger partial charge in [0.2, 0.25) is 0 Å². The molecule has 0 aliphatic carbocycles. The van der Waals surface area contributed by atoms with E-state index in [1.807, 2.05) is 33.6 Å². The normalized spacial score (nSPS) is 16.0. The highest BCUT2D eigenvalue weighted by molar-refractivity contribution is 8.04. The molecule has 0 saturated carbocycles. The number of ether oxygens (including phenoxy) is 1.